The van der Waals surface area contributed by atoms with Gasteiger partial charge >= 0.3 is 0 Å². The summed E-state index contributed by atoms with van der Waals surface area (Å²) in [4.78, 5) is 6.96. The van der Waals surface area contributed by atoms with Crippen molar-refractivity contribution in [3.8, 4) is 0 Å². The van der Waals surface area contributed by atoms with E-state index in [2.05, 4.69) is 35.5 Å². The molecule has 1 atom stereocenters. The average molecular weight is 309 g/mol. The standard InChI is InChI=1S/C15H14ClFN2S/c1-9-3-6-14(20-9)10(2)19-13-5-4-11(17)7-12(13)18-15(19)8-16/h3-7,10H,8H2,1-2H3. The number of hydrogen-bond donors (Lipinski definition) is 0. The molecule has 1 unspecified atom stereocenters. The molecule has 0 aliphatic carbocycles. The predicted molar refractivity (Wildman–Crippen MR) is 82.1 cm³/mol. The minimum Gasteiger partial charge on any atom is -0.319 e. The van der Waals surface area contributed by atoms with Crippen LogP contribution in [0.15, 0.2) is 30.3 Å². The first kappa shape index (κ1) is 13.6. The van der Waals surface area contributed by atoms with Crippen LogP contribution in [-0.4, -0.2) is 9.55 Å². The molecule has 3 aromatic rings. The van der Waals surface area contributed by atoms with E-state index in [4.69, 9.17) is 11.6 Å². The maximum absolute atomic E-state index is 13.3. The number of halogens is 2. The van der Waals surface area contributed by atoms with Crippen molar-refractivity contribution in [2.24, 2.45) is 0 Å². The number of aryl methyl sites for hydroxylation is 1. The van der Waals surface area contributed by atoms with E-state index >= 15 is 0 Å². The Labute approximate surface area is 125 Å². The number of hydrogen-bond acceptors (Lipinski definition) is 2. The van der Waals surface area contributed by atoms with Gasteiger partial charge in [0.2, 0.25) is 0 Å². The van der Waals surface area contributed by atoms with Crippen LogP contribution in [0.5, 0.6) is 0 Å². The lowest BCUT2D eigenvalue weighted by atomic mass is 10.2. The molecule has 0 bridgehead atoms. The van der Waals surface area contributed by atoms with Crippen molar-refractivity contribution in [1.82, 2.24) is 9.55 Å². The fourth-order valence-corrected chi connectivity index (χ4v) is 3.56. The van der Waals surface area contributed by atoms with Gasteiger partial charge in [0, 0.05) is 15.8 Å². The maximum Gasteiger partial charge on any atom is 0.125 e. The monoisotopic (exact) mass is 308 g/mol. The van der Waals surface area contributed by atoms with E-state index in [-0.39, 0.29) is 11.9 Å². The largest absolute Gasteiger partial charge is 0.319 e. The van der Waals surface area contributed by atoms with Gasteiger partial charge < -0.3 is 4.57 Å². The van der Waals surface area contributed by atoms with Crippen LogP contribution in [0.2, 0.25) is 0 Å². The predicted octanol–water partition coefficient (Wildman–Crippen LogP) is 4.89. The molecule has 0 spiro atoms. The Kier molecular flexibility index (Phi) is 3.52. The fourth-order valence-electron chi connectivity index (χ4n) is 2.45. The van der Waals surface area contributed by atoms with Crippen molar-refractivity contribution in [2.75, 3.05) is 0 Å². The quantitative estimate of drug-likeness (QED) is 0.630. The van der Waals surface area contributed by atoms with Crippen molar-refractivity contribution in [3.05, 3.63) is 51.7 Å². The van der Waals surface area contributed by atoms with E-state index in [0.29, 0.717) is 11.4 Å². The van der Waals surface area contributed by atoms with E-state index in [1.807, 2.05) is 0 Å². The molecule has 2 heterocycles. The summed E-state index contributed by atoms with van der Waals surface area (Å²) in [7, 11) is 0. The van der Waals surface area contributed by atoms with Crippen LogP contribution in [0.3, 0.4) is 0 Å². The highest BCUT2D eigenvalue weighted by atomic mass is 35.5. The molecule has 1 aromatic carbocycles. The van der Waals surface area contributed by atoms with Gasteiger partial charge in [0.1, 0.15) is 11.6 Å². The third kappa shape index (κ3) is 2.23. The first-order chi connectivity index (χ1) is 9.60. The second-order valence-corrected chi connectivity index (χ2v) is 6.38. The van der Waals surface area contributed by atoms with Crippen LogP contribution in [0.1, 0.15) is 28.5 Å². The van der Waals surface area contributed by atoms with Gasteiger partial charge in [-0.3, -0.25) is 0 Å². The number of imidazole rings is 1. The summed E-state index contributed by atoms with van der Waals surface area (Å²) in [5, 5.41) is 0. The number of nitrogens with zero attached hydrogens (tertiary/aromatic N) is 2. The zero-order chi connectivity index (χ0) is 14.3. The smallest absolute Gasteiger partial charge is 0.125 e. The number of rotatable bonds is 3. The van der Waals surface area contributed by atoms with Gasteiger partial charge in [-0.15, -0.1) is 22.9 Å². The lowest BCUT2D eigenvalue weighted by Gasteiger charge is -2.15. The average Bonchev–Trinajstić information content (AvgIpc) is 3.00. The van der Waals surface area contributed by atoms with Crippen LogP contribution in [0, 0.1) is 12.7 Å². The van der Waals surface area contributed by atoms with Crippen LogP contribution >= 0.6 is 22.9 Å². The zero-order valence-corrected chi connectivity index (χ0v) is 12.8. The molecule has 0 radical (unpaired) electrons. The van der Waals surface area contributed by atoms with Gasteiger partial charge in [-0.05, 0) is 38.1 Å². The summed E-state index contributed by atoms with van der Waals surface area (Å²) in [5.74, 6) is 0.805. The van der Waals surface area contributed by atoms with Crippen LogP contribution in [0.25, 0.3) is 11.0 Å². The normalized spacial score (nSPS) is 13.0. The van der Waals surface area contributed by atoms with Gasteiger partial charge in [-0.25, -0.2) is 9.37 Å². The molecule has 0 N–H and O–H groups in total. The molecule has 2 nitrogen and oxygen atoms in total. The summed E-state index contributed by atoms with van der Waals surface area (Å²) >= 11 is 7.77. The number of alkyl halides is 1. The van der Waals surface area contributed by atoms with E-state index < -0.39 is 0 Å². The second-order valence-electron chi connectivity index (χ2n) is 4.79. The summed E-state index contributed by atoms with van der Waals surface area (Å²) in [5.41, 5.74) is 1.57. The molecule has 3 rings (SSSR count). The number of benzene rings is 1. The van der Waals surface area contributed by atoms with Crippen molar-refractivity contribution in [2.45, 2.75) is 25.8 Å². The third-order valence-corrected chi connectivity index (χ3v) is 4.81. The first-order valence-electron chi connectivity index (χ1n) is 6.39. The maximum atomic E-state index is 13.3. The molecule has 0 amide bonds. The van der Waals surface area contributed by atoms with Gasteiger partial charge in [0.15, 0.2) is 0 Å². The SMILES string of the molecule is Cc1ccc(C(C)n2c(CCl)nc3cc(F)ccc32)s1. The summed E-state index contributed by atoms with van der Waals surface area (Å²) in [6, 6.07) is 9.05. The first-order valence-corrected chi connectivity index (χ1v) is 7.74. The topological polar surface area (TPSA) is 17.8 Å². The van der Waals surface area contributed by atoms with Gasteiger partial charge in [0.25, 0.3) is 0 Å². The highest BCUT2D eigenvalue weighted by molar-refractivity contribution is 7.12. The molecule has 0 aliphatic heterocycles. The number of thiophene rings is 1. The van der Waals surface area contributed by atoms with Crippen LogP contribution < -0.4 is 0 Å². The van der Waals surface area contributed by atoms with E-state index in [1.54, 1.807) is 17.4 Å². The van der Waals surface area contributed by atoms with Crippen molar-refractivity contribution >= 4 is 34.0 Å². The number of aromatic nitrogens is 2. The van der Waals surface area contributed by atoms with Gasteiger partial charge in [0.05, 0.1) is 23.0 Å². The molecule has 104 valence electrons. The molecule has 0 fully saturated rings. The Morgan fingerprint density at radius 1 is 1.35 bits per heavy atom. The third-order valence-electron chi connectivity index (χ3n) is 3.40. The zero-order valence-electron chi connectivity index (χ0n) is 11.2. The molecule has 0 saturated heterocycles. The van der Waals surface area contributed by atoms with Gasteiger partial charge in [-0.1, -0.05) is 0 Å². The summed E-state index contributed by atoms with van der Waals surface area (Å²) in [6.45, 7) is 4.20. The Morgan fingerprint density at radius 3 is 2.80 bits per heavy atom. The minimum atomic E-state index is -0.275. The molecule has 5 heteroatoms. The summed E-state index contributed by atoms with van der Waals surface area (Å²) < 4.78 is 15.4. The molecular formula is C15H14ClFN2S. The molecule has 20 heavy (non-hydrogen) atoms. The Morgan fingerprint density at radius 2 is 2.15 bits per heavy atom. The minimum absolute atomic E-state index is 0.137. The molecular weight excluding hydrogens is 295 g/mol. The van der Waals surface area contributed by atoms with Gasteiger partial charge in [-0.2, -0.15) is 0 Å². The summed E-state index contributed by atoms with van der Waals surface area (Å²) in [6.07, 6.45) is 0. The van der Waals surface area contributed by atoms with E-state index in [9.17, 15) is 4.39 Å². The van der Waals surface area contributed by atoms with E-state index in [1.165, 1.54) is 21.9 Å². The lowest BCUT2D eigenvalue weighted by molar-refractivity contribution is 0.628. The Balaban J connectivity index is 2.18. The Bertz CT molecular complexity index is 762. The van der Waals surface area contributed by atoms with Crippen LogP contribution in [-0.2, 0) is 5.88 Å². The highest BCUT2D eigenvalue weighted by Gasteiger charge is 2.18. The fraction of sp³-hybridized carbons (Fsp3) is 0.267. The lowest BCUT2D eigenvalue weighted by Crippen LogP contribution is -2.08. The number of fused-ring (bicyclic) bond motifs is 1. The molecule has 2 aromatic heterocycles. The van der Waals surface area contributed by atoms with Crippen molar-refractivity contribution in [3.63, 3.8) is 0 Å². The van der Waals surface area contributed by atoms with Crippen LogP contribution in [0.4, 0.5) is 4.39 Å². The molecule has 0 aliphatic rings. The molecule has 0 saturated carbocycles. The second kappa shape index (κ2) is 5.19. The van der Waals surface area contributed by atoms with Crippen molar-refractivity contribution < 1.29 is 4.39 Å². The van der Waals surface area contributed by atoms with Crippen molar-refractivity contribution in [1.29, 1.82) is 0 Å². The van der Waals surface area contributed by atoms with E-state index in [0.717, 1.165) is 11.3 Å². The highest BCUT2D eigenvalue weighted by Crippen LogP contribution is 2.31. The Hall–Kier alpha value is -1.39.